The van der Waals surface area contributed by atoms with Gasteiger partial charge in [-0.05, 0) is 38.9 Å². The zero-order chi connectivity index (χ0) is 12.0. The molecule has 1 N–H and O–H groups in total. The highest BCUT2D eigenvalue weighted by Gasteiger charge is 2.19. The van der Waals surface area contributed by atoms with Crippen LogP contribution >= 0.6 is 12.4 Å². The van der Waals surface area contributed by atoms with Crippen LogP contribution in [0.4, 0.5) is 0 Å². The predicted octanol–water partition coefficient (Wildman–Crippen LogP) is 1.15. The van der Waals surface area contributed by atoms with Gasteiger partial charge in [-0.2, -0.15) is 0 Å². The van der Waals surface area contributed by atoms with Gasteiger partial charge >= 0.3 is 5.97 Å². The van der Waals surface area contributed by atoms with E-state index in [1.165, 1.54) is 20.0 Å². The second kappa shape index (κ2) is 8.72. The fourth-order valence-corrected chi connectivity index (χ4v) is 2.34. The lowest BCUT2D eigenvalue weighted by molar-refractivity contribution is -0.145. The molecule has 1 fully saturated rings. The third kappa shape index (κ3) is 6.24. The molecule has 17 heavy (non-hydrogen) atoms. The van der Waals surface area contributed by atoms with Crippen LogP contribution in [-0.4, -0.2) is 51.2 Å². The summed E-state index contributed by atoms with van der Waals surface area (Å²) in [5.41, 5.74) is 0. The van der Waals surface area contributed by atoms with Crippen LogP contribution in [0.3, 0.4) is 0 Å². The molecule has 1 saturated heterocycles. The van der Waals surface area contributed by atoms with E-state index in [0.717, 1.165) is 32.1 Å². The Labute approximate surface area is 110 Å². The van der Waals surface area contributed by atoms with Gasteiger partial charge in [-0.1, -0.05) is 6.92 Å². The van der Waals surface area contributed by atoms with E-state index in [1.807, 2.05) is 6.92 Å². The number of hydrogen-bond donors (Lipinski definition) is 1. The third-order valence-corrected chi connectivity index (χ3v) is 3.16. The Bertz CT molecular complexity index is 221. The van der Waals surface area contributed by atoms with E-state index in [9.17, 15) is 4.79 Å². The van der Waals surface area contributed by atoms with Crippen molar-refractivity contribution in [3.8, 4) is 0 Å². The summed E-state index contributed by atoms with van der Waals surface area (Å²) in [6, 6.07) is 0. The number of nitrogens with one attached hydrogen (secondary N) is 1. The third-order valence-electron chi connectivity index (χ3n) is 3.16. The molecular formula is C12H25ClN2O2. The first-order chi connectivity index (χ1) is 7.63. The molecule has 0 aliphatic carbocycles. The smallest absolute Gasteiger partial charge is 0.309 e. The summed E-state index contributed by atoms with van der Waals surface area (Å²) in [5, 5.41) is 3.41. The number of ether oxygens (including phenoxy) is 1. The number of nitrogens with zero attached hydrogens (tertiary/aromatic N) is 1. The molecule has 4 nitrogen and oxygen atoms in total. The van der Waals surface area contributed by atoms with Crippen LogP contribution in [0.5, 0.6) is 0 Å². The maximum absolute atomic E-state index is 11.3. The molecular weight excluding hydrogens is 240 g/mol. The van der Waals surface area contributed by atoms with Gasteiger partial charge < -0.3 is 15.0 Å². The second-order valence-electron chi connectivity index (χ2n) is 4.86. The fourth-order valence-electron chi connectivity index (χ4n) is 2.34. The minimum Gasteiger partial charge on any atom is -0.469 e. The Hall–Kier alpha value is -0.320. The van der Waals surface area contributed by atoms with Gasteiger partial charge in [0.2, 0.25) is 0 Å². The minimum atomic E-state index is -0.117. The topological polar surface area (TPSA) is 41.6 Å². The van der Waals surface area contributed by atoms with Gasteiger partial charge in [-0.3, -0.25) is 4.79 Å². The van der Waals surface area contributed by atoms with E-state index in [1.54, 1.807) is 0 Å². The lowest BCUT2D eigenvalue weighted by Crippen LogP contribution is -2.39. The highest BCUT2D eigenvalue weighted by atomic mass is 35.5. The summed E-state index contributed by atoms with van der Waals surface area (Å²) >= 11 is 0. The summed E-state index contributed by atoms with van der Waals surface area (Å²) in [6.45, 7) is 6.02. The molecule has 1 rings (SSSR count). The van der Waals surface area contributed by atoms with Crippen LogP contribution < -0.4 is 5.32 Å². The van der Waals surface area contributed by atoms with Crippen LogP contribution in [0.15, 0.2) is 0 Å². The van der Waals surface area contributed by atoms with Crippen molar-refractivity contribution >= 4 is 18.4 Å². The van der Waals surface area contributed by atoms with E-state index in [2.05, 4.69) is 17.3 Å². The van der Waals surface area contributed by atoms with Crippen molar-refractivity contribution in [2.75, 3.05) is 40.3 Å². The van der Waals surface area contributed by atoms with Crippen molar-refractivity contribution in [1.29, 1.82) is 0 Å². The van der Waals surface area contributed by atoms with E-state index >= 15 is 0 Å². The van der Waals surface area contributed by atoms with Gasteiger partial charge in [0, 0.05) is 13.1 Å². The van der Waals surface area contributed by atoms with Gasteiger partial charge in [0.15, 0.2) is 0 Å². The van der Waals surface area contributed by atoms with Crippen molar-refractivity contribution in [3.05, 3.63) is 0 Å². The number of carbonyl (C=O) groups is 1. The van der Waals surface area contributed by atoms with E-state index in [-0.39, 0.29) is 24.3 Å². The summed E-state index contributed by atoms with van der Waals surface area (Å²) in [7, 11) is 3.53. The Kier molecular flexibility index (Phi) is 8.56. The van der Waals surface area contributed by atoms with E-state index in [4.69, 9.17) is 4.74 Å². The van der Waals surface area contributed by atoms with Crippen molar-refractivity contribution in [3.63, 3.8) is 0 Å². The summed E-state index contributed by atoms with van der Waals surface area (Å²) < 4.78 is 4.72. The van der Waals surface area contributed by atoms with Gasteiger partial charge in [-0.15, -0.1) is 12.4 Å². The van der Waals surface area contributed by atoms with Crippen molar-refractivity contribution in [2.45, 2.75) is 19.8 Å². The molecule has 0 amide bonds. The first-order valence-electron chi connectivity index (χ1n) is 6.10. The maximum Gasteiger partial charge on any atom is 0.309 e. The van der Waals surface area contributed by atoms with Crippen molar-refractivity contribution in [1.82, 2.24) is 10.2 Å². The summed E-state index contributed by atoms with van der Waals surface area (Å²) in [4.78, 5) is 13.5. The molecule has 5 heteroatoms. The van der Waals surface area contributed by atoms with E-state index in [0.29, 0.717) is 0 Å². The quantitative estimate of drug-likeness (QED) is 0.757. The Morgan fingerprint density at radius 3 is 2.82 bits per heavy atom. The van der Waals surface area contributed by atoms with Crippen LogP contribution in [0.1, 0.15) is 19.8 Å². The minimum absolute atomic E-state index is 0. The number of esters is 1. The van der Waals surface area contributed by atoms with Crippen LogP contribution in [0.2, 0.25) is 0 Å². The monoisotopic (exact) mass is 264 g/mol. The molecule has 0 radical (unpaired) electrons. The predicted molar refractivity (Wildman–Crippen MR) is 71.5 cm³/mol. The van der Waals surface area contributed by atoms with Crippen molar-refractivity contribution < 1.29 is 9.53 Å². The molecule has 1 heterocycles. The number of piperidine rings is 1. The van der Waals surface area contributed by atoms with Gasteiger partial charge in [0.25, 0.3) is 0 Å². The number of methoxy groups -OCH3 is 1. The SMILES string of the molecule is COC(=O)C(C)CN(C)CC1CCCNC1.Cl. The number of hydrogen-bond acceptors (Lipinski definition) is 4. The molecule has 0 saturated carbocycles. The Balaban J connectivity index is 0.00000256. The largest absolute Gasteiger partial charge is 0.469 e. The lowest BCUT2D eigenvalue weighted by Gasteiger charge is -2.28. The first-order valence-corrected chi connectivity index (χ1v) is 6.10. The van der Waals surface area contributed by atoms with Crippen LogP contribution in [0, 0.1) is 11.8 Å². The standard InChI is InChI=1S/C12H24N2O2.ClH/c1-10(12(15)16-3)8-14(2)9-11-5-4-6-13-7-11;/h10-11,13H,4-9H2,1-3H3;1H. The Morgan fingerprint density at radius 2 is 2.29 bits per heavy atom. The first kappa shape index (κ1) is 16.7. The van der Waals surface area contributed by atoms with Crippen LogP contribution in [0.25, 0.3) is 0 Å². The molecule has 0 aromatic carbocycles. The molecule has 0 aromatic heterocycles. The van der Waals surface area contributed by atoms with Gasteiger partial charge in [0.1, 0.15) is 0 Å². The molecule has 1 aliphatic heterocycles. The molecule has 0 bridgehead atoms. The highest BCUT2D eigenvalue weighted by Crippen LogP contribution is 2.12. The average molecular weight is 265 g/mol. The number of rotatable bonds is 5. The molecule has 0 aromatic rings. The molecule has 1 aliphatic rings. The zero-order valence-corrected chi connectivity index (χ0v) is 11.9. The zero-order valence-electron chi connectivity index (χ0n) is 11.1. The fraction of sp³-hybridized carbons (Fsp3) is 0.917. The second-order valence-corrected chi connectivity index (χ2v) is 4.86. The summed E-state index contributed by atoms with van der Waals surface area (Å²) in [6.07, 6.45) is 2.56. The van der Waals surface area contributed by atoms with Gasteiger partial charge in [-0.25, -0.2) is 0 Å². The van der Waals surface area contributed by atoms with Crippen molar-refractivity contribution in [2.24, 2.45) is 11.8 Å². The summed E-state index contributed by atoms with van der Waals surface area (Å²) in [5.74, 6) is 0.573. The average Bonchev–Trinajstić information content (AvgIpc) is 2.29. The lowest BCUT2D eigenvalue weighted by atomic mass is 9.99. The number of halogens is 1. The van der Waals surface area contributed by atoms with E-state index < -0.39 is 0 Å². The Morgan fingerprint density at radius 1 is 1.59 bits per heavy atom. The number of carbonyl (C=O) groups excluding carboxylic acids is 1. The molecule has 2 unspecified atom stereocenters. The molecule has 2 atom stereocenters. The molecule has 0 spiro atoms. The highest BCUT2D eigenvalue weighted by molar-refractivity contribution is 5.85. The molecule has 102 valence electrons. The van der Waals surface area contributed by atoms with Gasteiger partial charge in [0.05, 0.1) is 13.0 Å². The maximum atomic E-state index is 11.3. The normalized spacial score (nSPS) is 21.8. The van der Waals surface area contributed by atoms with Crippen LogP contribution in [-0.2, 0) is 9.53 Å².